The summed E-state index contributed by atoms with van der Waals surface area (Å²) >= 11 is 0. The molecule has 22 heavy (non-hydrogen) atoms. The van der Waals surface area contributed by atoms with Crippen molar-refractivity contribution in [2.75, 3.05) is 11.1 Å². The SMILES string of the molecule is Nc1nc2ccc(NC(=O)C(O)[CH]c3ccccc3)cc2[nH]1. The number of nitrogens with two attached hydrogens (primary N) is 1. The van der Waals surface area contributed by atoms with Gasteiger partial charge in [-0.1, -0.05) is 30.3 Å². The number of nitrogen functional groups attached to an aromatic ring is 1. The number of carbonyl (C=O) groups is 1. The molecule has 111 valence electrons. The Bertz CT molecular complexity index is 798. The zero-order valence-electron chi connectivity index (χ0n) is 11.7. The molecule has 2 aromatic carbocycles. The number of aromatic nitrogens is 2. The Morgan fingerprint density at radius 1 is 1.27 bits per heavy atom. The molecular formula is C16H15N4O2. The molecule has 6 nitrogen and oxygen atoms in total. The van der Waals surface area contributed by atoms with E-state index in [0.717, 1.165) is 11.1 Å². The fourth-order valence-corrected chi connectivity index (χ4v) is 2.15. The number of carbonyl (C=O) groups excluding carboxylic acids is 1. The van der Waals surface area contributed by atoms with Gasteiger partial charge in [0.1, 0.15) is 6.10 Å². The van der Waals surface area contributed by atoms with Crippen LogP contribution in [0.25, 0.3) is 11.0 Å². The predicted octanol–water partition coefficient (Wildman–Crippen LogP) is 1.70. The summed E-state index contributed by atoms with van der Waals surface area (Å²) in [6.45, 7) is 0. The van der Waals surface area contributed by atoms with Gasteiger partial charge in [-0.05, 0) is 23.8 Å². The molecule has 0 saturated carbocycles. The molecule has 5 N–H and O–H groups in total. The molecule has 1 aromatic heterocycles. The Morgan fingerprint density at radius 3 is 2.82 bits per heavy atom. The highest BCUT2D eigenvalue weighted by Gasteiger charge is 2.16. The predicted molar refractivity (Wildman–Crippen MR) is 85.0 cm³/mol. The summed E-state index contributed by atoms with van der Waals surface area (Å²) in [5, 5.41) is 12.6. The second-order valence-electron chi connectivity index (χ2n) is 4.87. The number of nitrogens with zero attached hydrogens (tertiary/aromatic N) is 1. The van der Waals surface area contributed by atoms with E-state index in [1.165, 1.54) is 6.42 Å². The quantitative estimate of drug-likeness (QED) is 0.588. The van der Waals surface area contributed by atoms with E-state index < -0.39 is 12.0 Å². The maximum Gasteiger partial charge on any atom is 0.253 e. The van der Waals surface area contributed by atoms with E-state index in [9.17, 15) is 9.90 Å². The molecule has 0 saturated heterocycles. The molecule has 1 unspecified atom stereocenters. The van der Waals surface area contributed by atoms with Gasteiger partial charge in [-0.25, -0.2) is 4.98 Å². The van der Waals surface area contributed by atoms with E-state index in [0.29, 0.717) is 17.2 Å². The standard InChI is InChI=1S/C16H15N4O2/c17-16-19-12-7-6-11(9-13(12)20-16)18-15(22)14(21)8-10-4-2-1-3-5-10/h1-9,14,21H,(H,18,22)(H3,17,19,20). The van der Waals surface area contributed by atoms with E-state index in [1.807, 2.05) is 30.3 Å². The molecule has 3 aromatic rings. The van der Waals surface area contributed by atoms with Gasteiger partial charge in [0.05, 0.1) is 11.0 Å². The molecule has 1 atom stereocenters. The number of hydrogen-bond acceptors (Lipinski definition) is 4. The highest BCUT2D eigenvalue weighted by molar-refractivity contribution is 5.96. The summed E-state index contributed by atoms with van der Waals surface area (Å²) in [7, 11) is 0. The summed E-state index contributed by atoms with van der Waals surface area (Å²) in [5.41, 5.74) is 8.35. The molecule has 0 aliphatic heterocycles. The molecule has 1 radical (unpaired) electrons. The number of hydrogen-bond donors (Lipinski definition) is 4. The van der Waals surface area contributed by atoms with Gasteiger partial charge in [0.15, 0.2) is 5.95 Å². The number of amides is 1. The average Bonchev–Trinajstić information content (AvgIpc) is 2.87. The number of benzene rings is 2. The number of nitrogens with one attached hydrogen (secondary N) is 2. The molecule has 3 rings (SSSR count). The van der Waals surface area contributed by atoms with Crippen LogP contribution in [0.15, 0.2) is 48.5 Å². The molecule has 0 fully saturated rings. The molecule has 1 heterocycles. The van der Waals surface area contributed by atoms with Crippen LogP contribution in [0.3, 0.4) is 0 Å². The third kappa shape index (κ3) is 3.07. The fourth-order valence-electron chi connectivity index (χ4n) is 2.15. The molecule has 1 amide bonds. The van der Waals surface area contributed by atoms with Crippen LogP contribution >= 0.6 is 0 Å². The highest BCUT2D eigenvalue weighted by Crippen LogP contribution is 2.18. The maximum absolute atomic E-state index is 12.0. The van der Waals surface area contributed by atoms with E-state index >= 15 is 0 Å². The first kappa shape index (κ1) is 14.1. The van der Waals surface area contributed by atoms with Crippen LogP contribution in [-0.2, 0) is 4.79 Å². The summed E-state index contributed by atoms with van der Waals surface area (Å²) in [5.74, 6) is -0.188. The van der Waals surface area contributed by atoms with Crippen LogP contribution in [0.4, 0.5) is 11.6 Å². The average molecular weight is 295 g/mol. The number of rotatable bonds is 4. The number of aliphatic hydroxyl groups is 1. The topological polar surface area (TPSA) is 104 Å². The van der Waals surface area contributed by atoms with Crippen LogP contribution in [0.5, 0.6) is 0 Å². The van der Waals surface area contributed by atoms with Gasteiger partial charge in [0.25, 0.3) is 5.91 Å². The van der Waals surface area contributed by atoms with Crippen molar-refractivity contribution in [3.05, 3.63) is 60.5 Å². The first-order valence-corrected chi connectivity index (χ1v) is 6.76. The number of anilines is 2. The Morgan fingerprint density at radius 2 is 2.05 bits per heavy atom. The smallest absolute Gasteiger partial charge is 0.253 e. The lowest BCUT2D eigenvalue weighted by molar-refractivity contribution is -0.122. The van der Waals surface area contributed by atoms with Gasteiger partial charge in [-0.3, -0.25) is 4.79 Å². The van der Waals surface area contributed by atoms with Crippen molar-refractivity contribution in [2.24, 2.45) is 0 Å². The van der Waals surface area contributed by atoms with Crippen molar-refractivity contribution < 1.29 is 9.90 Å². The molecule has 0 aliphatic rings. The number of aliphatic hydroxyl groups excluding tert-OH is 1. The summed E-state index contributed by atoms with van der Waals surface area (Å²) < 4.78 is 0. The van der Waals surface area contributed by atoms with Gasteiger partial charge in [0.2, 0.25) is 0 Å². The third-order valence-electron chi connectivity index (χ3n) is 3.19. The van der Waals surface area contributed by atoms with Crippen LogP contribution in [-0.4, -0.2) is 27.1 Å². The van der Waals surface area contributed by atoms with Crippen molar-refractivity contribution in [1.82, 2.24) is 9.97 Å². The maximum atomic E-state index is 12.0. The van der Waals surface area contributed by atoms with Crippen molar-refractivity contribution >= 4 is 28.6 Å². The second-order valence-corrected chi connectivity index (χ2v) is 4.87. The van der Waals surface area contributed by atoms with Crippen molar-refractivity contribution in [1.29, 1.82) is 0 Å². The van der Waals surface area contributed by atoms with Gasteiger partial charge in [-0.2, -0.15) is 0 Å². The lowest BCUT2D eigenvalue weighted by atomic mass is 10.1. The van der Waals surface area contributed by atoms with E-state index in [4.69, 9.17) is 5.73 Å². The molecular weight excluding hydrogens is 280 g/mol. The number of aromatic amines is 1. The van der Waals surface area contributed by atoms with Gasteiger partial charge in [-0.15, -0.1) is 0 Å². The van der Waals surface area contributed by atoms with Crippen molar-refractivity contribution in [3.63, 3.8) is 0 Å². The Hall–Kier alpha value is -2.86. The minimum Gasteiger partial charge on any atom is -0.383 e. The fraction of sp³-hybridized carbons (Fsp3) is 0.0625. The first-order valence-electron chi connectivity index (χ1n) is 6.76. The molecule has 6 heteroatoms. The normalized spacial score (nSPS) is 12.2. The van der Waals surface area contributed by atoms with E-state index in [2.05, 4.69) is 15.3 Å². The second kappa shape index (κ2) is 5.87. The summed E-state index contributed by atoms with van der Waals surface area (Å²) in [4.78, 5) is 19.0. The number of fused-ring (bicyclic) bond motifs is 1. The Kier molecular flexibility index (Phi) is 3.76. The number of imidazole rings is 1. The van der Waals surface area contributed by atoms with Crippen LogP contribution in [0.1, 0.15) is 5.56 Å². The van der Waals surface area contributed by atoms with Crippen LogP contribution < -0.4 is 11.1 Å². The highest BCUT2D eigenvalue weighted by atomic mass is 16.3. The van der Waals surface area contributed by atoms with Gasteiger partial charge in [0, 0.05) is 12.1 Å². The van der Waals surface area contributed by atoms with Gasteiger partial charge < -0.3 is 21.1 Å². The molecule has 0 spiro atoms. The lowest BCUT2D eigenvalue weighted by Gasteiger charge is -2.11. The minimum atomic E-state index is -1.23. The zero-order valence-corrected chi connectivity index (χ0v) is 11.7. The monoisotopic (exact) mass is 295 g/mol. The Labute approximate surface area is 127 Å². The Balaban J connectivity index is 1.69. The number of H-pyrrole nitrogens is 1. The van der Waals surface area contributed by atoms with Crippen molar-refractivity contribution in [3.8, 4) is 0 Å². The molecule has 0 bridgehead atoms. The molecule has 0 aliphatic carbocycles. The van der Waals surface area contributed by atoms with E-state index in [1.54, 1.807) is 18.2 Å². The van der Waals surface area contributed by atoms with Gasteiger partial charge >= 0.3 is 0 Å². The zero-order chi connectivity index (χ0) is 15.5. The minimum absolute atomic E-state index is 0.316. The third-order valence-corrected chi connectivity index (χ3v) is 3.19. The van der Waals surface area contributed by atoms with E-state index in [-0.39, 0.29) is 0 Å². The van der Waals surface area contributed by atoms with Crippen molar-refractivity contribution in [2.45, 2.75) is 6.10 Å². The summed E-state index contributed by atoms with van der Waals surface area (Å²) in [6.07, 6.45) is 0.257. The van der Waals surface area contributed by atoms with Crippen LogP contribution in [0.2, 0.25) is 0 Å². The lowest BCUT2D eigenvalue weighted by Crippen LogP contribution is -2.28. The summed E-state index contributed by atoms with van der Waals surface area (Å²) in [6, 6.07) is 14.3. The van der Waals surface area contributed by atoms with Crippen LogP contribution in [0, 0.1) is 6.42 Å². The largest absolute Gasteiger partial charge is 0.383 e. The first-order chi connectivity index (χ1) is 10.6.